The molecule has 11 heteroatoms. The van der Waals surface area contributed by atoms with Crippen LogP contribution in [0.25, 0.3) is 0 Å². The molecule has 0 radical (unpaired) electrons. The van der Waals surface area contributed by atoms with E-state index in [4.69, 9.17) is 18.9 Å². The van der Waals surface area contributed by atoms with Crippen molar-refractivity contribution in [3.63, 3.8) is 0 Å². The van der Waals surface area contributed by atoms with Gasteiger partial charge in [-0.3, -0.25) is 9.59 Å². The molecule has 0 spiro atoms. The average Bonchev–Trinajstić information content (AvgIpc) is 3.51. The minimum absolute atomic E-state index is 0.0316. The Morgan fingerprint density at radius 3 is 2.00 bits per heavy atom. The first-order valence-electron chi connectivity index (χ1n) is 10.2. The topological polar surface area (TPSA) is 112 Å². The molecule has 184 valence electrons. The summed E-state index contributed by atoms with van der Waals surface area (Å²) in [6, 6.07) is 3.72. The van der Waals surface area contributed by atoms with Gasteiger partial charge in [0.1, 0.15) is 32.0 Å². The van der Waals surface area contributed by atoms with Gasteiger partial charge in [-0.15, -0.1) is 0 Å². The molecule has 0 saturated carbocycles. The van der Waals surface area contributed by atoms with E-state index < -0.39 is 34.8 Å². The molecule has 0 aliphatic carbocycles. The zero-order valence-electron chi connectivity index (χ0n) is 18.8. The predicted octanol–water partition coefficient (Wildman–Crippen LogP) is 3.95. The van der Waals surface area contributed by atoms with Crippen LogP contribution in [0.3, 0.4) is 0 Å². The van der Waals surface area contributed by atoms with Crippen LogP contribution in [0.4, 0.5) is 0 Å². The summed E-state index contributed by atoms with van der Waals surface area (Å²) in [5, 5.41) is 10.1. The molecule has 1 heterocycles. The van der Waals surface area contributed by atoms with Gasteiger partial charge < -0.3 is 24.1 Å². The van der Waals surface area contributed by atoms with Crippen molar-refractivity contribution in [1.29, 1.82) is 0 Å². The van der Waals surface area contributed by atoms with Gasteiger partial charge in [0.05, 0.1) is 23.0 Å². The van der Waals surface area contributed by atoms with E-state index in [-0.39, 0.29) is 32.3 Å². The van der Waals surface area contributed by atoms with Crippen LogP contribution in [0, 0.1) is 21.5 Å². The molecule has 0 amide bonds. The molecule has 1 aliphatic rings. The second kappa shape index (κ2) is 12.1. The van der Waals surface area contributed by atoms with Gasteiger partial charge in [-0.05, 0) is 114 Å². The molecule has 1 aromatic carbocycles. The Bertz CT molecular complexity index is 873. The second-order valence-electron chi connectivity index (χ2n) is 9.09. The summed E-state index contributed by atoms with van der Waals surface area (Å²) in [5.74, 6) is -1.53. The van der Waals surface area contributed by atoms with Crippen molar-refractivity contribution in [2.24, 2.45) is 10.8 Å². The highest BCUT2D eigenvalue weighted by Crippen LogP contribution is 2.36. The van der Waals surface area contributed by atoms with E-state index in [0.29, 0.717) is 12.2 Å². The zero-order valence-corrected chi connectivity index (χ0v) is 25.3. The van der Waals surface area contributed by atoms with Gasteiger partial charge >= 0.3 is 17.9 Å². The van der Waals surface area contributed by atoms with Crippen LogP contribution in [0.2, 0.25) is 0 Å². The van der Waals surface area contributed by atoms with Gasteiger partial charge in [-0.25, -0.2) is 4.79 Å². The lowest BCUT2D eigenvalue weighted by molar-refractivity contribution is -0.164. The predicted molar refractivity (Wildman–Crippen MR) is 145 cm³/mol. The van der Waals surface area contributed by atoms with Crippen LogP contribution in [-0.2, 0) is 28.5 Å². The number of halogens is 3. The largest absolute Gasteiger partial charge is 0.462 e. The number of rotatable bonds is 11. The van der Waals surface area contributed by atoms with E-state index in [0.717, 1.165) is 10.7 Å². The molecule has 8 nitrogen and oxygen atoms in total. The fourth-order valence-electron chi connectivity index (χ4n) is 3.17. The standard InChI is InChI=1S/C22H27I3O8/c1-21(2,11-22(3,4)20(29)33-10-14-9-30-14)19(28)32-8-13(26)7-31-18(27)17-15(24)5-12(23)6-16(17)25/h5-6,13-14,26H,7-11H2,1-4H3. The Kier molecular flexibility index (Phi) is 10.6. The maximum absolute atomic E-state index is 12.6. The zero-order chi connectivity index (χ0) is 25.0. The number of hydrogen-bond donors (Lipinski definition) is 1. The van der Waals surface area contributed by atoms with Crippen LogP contribution in [0.5, 0.6) is 0 Å². The smallest absolute Gasteiger partial charge is 0.340 e. The minimum atomic E-state index is -1.18. The third-order valence-corrected chi connectivity index (χ3v) is 7.14. The van der Waals surface area contributed by atoms with Crippen molar-refractivity contribution in [3.05, 3.63) is 28.4 Å². The van der Waals surface area contributed by atoms with Gasteiger partial charge in [-0.1, -0.05) is 0 Å². The Labute approximate surface area is 234 Å². The van der Waals surface area contributed by atoms with E-state index in [1.54, 1.807) is 27.7 Å². The van der Waals surface area contributed by atoms with E-state index in [1.807, 2.05) is 12.1 Å². The third-order valence-electron chi connectivity index (χ3n) is 4.82. The van der Waals surface area contributed by atoms with Crippen LogP contribution in [0.1, 0.15) is 44.5 Å². The number of aliphatic hydroxyl groups is 1. The summed E-state index contributed by atoms with van der Waals surface area (Å²) in [4.78, 5) is 37.4. The number of epoxide rings is 1. The van der Waals surface area contributed by atoms with Crippen LogP contribution in [-0.4, -0.2) is 61.6 Å². The lowest BCUT2D eigenvalue weighted by Gasteiger charge is -2.31. The normalized spacial score (nSPS) is 16.7. The second-order valence-corrected chi connectivity index (χ2v) is 12.7. The Hall–Kier alpha value is -0.260. The summed E-state index contributed by atoms with van der Waals surface area (Å²) in [6.45, 7) is 6.90. The van der Waals surface area contributed by atoms with E-state index in [1.165, 1.54) is 0 Å². The lowest BCUT2D eigenvalue weighted by Crippen LogP contribution is -2.38. The summed E-state index contributed by atoms with van der Waals surface area (Å²) >= 11 is 6.29. The Morgan fingerprint density at radius 1 is 1.00 bits per heavy atom. The van der Waals surface area contributed by atoms with Crippen molar-refractivity contribution in [3.8, 4) is 0 Å². The lowest BCUT2D eigenvalue weighted by atomic mass is 9.75. The average molecular weight is 800 g/mol. The first-order chi connectivity index (χ1) is 15.2. The SMILES string of the molecule is CC(C)(CC(C)(C)C(=O)OCC1CO1)C(=O)OCC(O)COC(=O)c1c(I)cc(I)cc1I. The summed E-state index contributed by atoms with van der Waals surface area (Å²) in [6.07, 6.45) is -1.02. The molecule has 0 aromatic heterocycles. The quantitative estimate of drug-likeness (QED) is 0.155. The van der Waals surface area contributed by atoms with Crippen LogP contribution >= 0.6 is 67.8 Å². The molecule has 1 aliphatic heterocycles. The summed E-state index contributed by atoms with van der Waals surface area (Å²) < 4.78 is 23.3. The molecule has 1 saturated heterocycles. The van der Waals surface area contributed by atoms with E-state index in [9.17, 15) is 19.5 Å². The van der Waals surface area contributed by atoms with Crippen molar-refractivity contribution < 1.29 is 38.4 Å². The summed E-state index contributed by atoms with van der Waals surface area (Å²) in [7, 11) is 0. The van der Waals surface area contributed by atoms with Crippen molar-refractivity contribution in [2.45, 2.75) is 46.3 Å². The molecule has 2 atom stereocenters. The highest BCUT2D eigenvalue weighted by atomic mass is 127. The number of carbonyl (C=O) groups is 3. The van der Waals surface area contributed by atoms with Gasteiger partial charge in [0.2, 0.25) is 0 Å². The van der Waals surface area contributed by atoms with Gasteiger partial charge in [0.25, 0.3) is 0 Å². The number of esters is 3. The number of benzene rings is 1. The molecule has 0 bridgehead atoms. The molecular formula is C22H27I3O8. The van der Waals surface area contributed by atoms with E-state index >= 15 is 0 Å². The molecule has 2 rings (SSSR count). The number of carbonyl (C=O) groups excluding carboxylic acids is 3. The van der Waals surface area contributed by atoms with Crippen LogP contribution in [0.15, 0.2) is 12.1 Å². The maximum Gasteiger partial charge on any atom is 0.340 e. The maximum atomic E-state index is 12.6. The van der Waals surface area contributed by atoms with E-state index in [2.05, 4.69) is 67.8 Å². The highest BCUT2D eigenvalue weighted by Gasteiger charge is 2.41. The number of aliphatic hydroxyl groups excluding tert-OH is 1. The third kappa shape index (κ3) is 9.04. The highest BCUT2D eigenvalue weighted by molar-refractivity contribution is 14.1. The van der Waals surface area contributed by atoms with Gasteiger partial charge in [0.15, 0.2) is 0 Å². The summed E-state index contributed by atoms with van der Waals surface area (Å²) in [5.41, 5.74) is -1.47. The van der Waals surface area contributed by atoms with Crippen LogP contribution < -0.4 is 0 Å². The fourth-order valence-corrected chi connectivity index (χ4v) is 7.20. The van der Waals surface area contributed by atoms with Crippen molar-refractivity contribution in [1.82, 2.24) is 0 Å². The fraction of sp³-hybridized carbons (Fsp3) is 0.591. The molecule has 33 heavy (non-hydrogen) atoms. The number of ether oxygens (including phenoxy) is 4. The molecule has 2 unspecified atom stereocenters. The van der Waals surface area contributed by atoms with Gasteiger partial charge in [0, 0.05) is 10.7 Å². The molecule has 1 aromatic rings. The first-order valence-corrected chi connectivity index (χ1v) is 13.4. The van der Waals surface area contributed by atoms with Crippen molar-refractivity contribution >= 4 is 85.7 Å². The first kappa shape index (κ1) is 29.0. The number of hydrogen-bond acceptors (Lipinski definition) is 8. The molecule has 1 N–H and O–H groups in total. The monoisotopic (exact) mass is 800 g/mol. The Morgan fingerprint density at radius 2 is 1.48 bits per heavy atom. The Balaban J connectivity index is 1.82. The minimum Gasteiger partial charge on any atom is -0.462 e. The van der Waals surface area contributed by atoms with Crippen molar-refractivity contribution in [2.75, 3.05) is 26.4 Å². The van der Waals surface area contributed by atoms with Gasteiger partial charge in [-0.2, -0.15) is 0 Å². The molecular weight excluding hydrogens is 773 g/mol. The molecule has 1 fully saturated rings.